The highest BCUT2D eigenvalue weighted by atomic mass is 16.4. The minimum absolute atomic E-state index is 0.365. The second kappa shape index (κ2) is 4.87. The largest absolute Gasteiger partial charge is 0.465 e. The first-order valence-corrected chi connectivity index (χ1v) is 4.18. The van der Waals surface area contributed by atoms with Crippen LogP contribution in [0.2, 0.25) is 0 Å². The zero-order chi connectivity index (χ0) is 10.4. The average molecular weight is 190 g/mol. The summed E-state index contributed by atoms with van der Waals surface area (Å²) in [6.45, 7) is 0.365. The minimum atomic E-state index is -1.03. The van der Waals surface area contributed by atoms with E-state index >= 15 is 0 Å². The molecule has 1 rings (SSSR count). The van der Waals surface area contributed by atoms with Crippen molar-refractivity contribution < 1.29 is 9.90 Å². The maximum Gasteiger partial charge on any atom is 0.404 e. The number of carboxylic acid groups (broad SMARTS) is 1. The Morgan fingerprint density at radius 2 is 2.36 bits per heavy atom. The third kappa shape index (κ3) is 3.15. The van der Waals surface area contributed by atoms with E-state index in [0.717, 1.165) is 5.56 Å². The molecule has 0 unspecified atom stereocenters. The van der Waals surface area contributed by atoms with E-state index in [0.29, 0.717) is 18.5 Å². The van der Waals surface area contributed by atoms with E-state index in [-0.39, 0.29) is 0 Å². The van der Waals surface area contributed by atoms with Crippen LogP contribution in [-0.2, 0) is 6.42 Å². The lowest BCUT2D eigenvalue weighted by atomic mass is 10.1. The van der Waals surface area contributed by atoms with Gasteiger partial charge in [0.25, 0.3) is 0 Å². The molecule has 1 aromatic carbocycles. The van der Waals surface area contributed by atoms with Gasteiger partial charge in [-0.05, 0) is 24.1 Å². The Labute approximate surface area is 81.8 Å². The first-order valence-electron chi connectivity index (χ1n) is 4.18. The predicted molar refractivity (Wildman–Crippen MR) is 50.9 cm³/mol. The molecule has 4 heteroatoms. The Kier molecular flexibility index (Phi) is 3.50. The summed E-state index contributed by atoms with van der Waals surface area (Å²) in [4.78, 5) is 10.1. The second-order valence-corrected chi connectivity index (χ2v) is 2.79. The van der Waals surface area contributed by atoms with Gasteiger partial charge in [-0.25, -0.2) is 4.79 Å². The second-order valence-electron chi connectivity index (χ2n) is 2.79. The monoisotopic (exact) mass is 190 g/mol. The number of hydrogen-bond donors (Lipinski definition) is 2. The van der Waals surface area contributed by atoms with Crippen LogP contribution in [-0.4, -0.2) is 17.7 Å². The van der Waals surface area contributed by atoms with Crippen molar-refractivity contribution >= 4 is 6.09 Å². The van der Waals surface area contributed by atoms with Gasteiger partial charge in [0.15, 0.2) is 0 Å². The van der Waals surface area contributed by atoms with Crippen LogP contribution in [0.15, 0.2) is 24.3 Å². The maximum absolute atomic E-state index is 10.1. The molecule has 0 aliphatic heterocycles. The number of carbonyl (C=O) groups is 1. The Morgan fingerprint density at radius 1 is 1.57 bits per heavy atom. The third-order valence-corrected chi connectivity index (χ3v) is 1.75. The van der Waals surface area contributed by atoms with Crippen LogP contribution in [0.1, 0.15) is 11.1 Å². The third-order valence-electron chi connectivity index (χ3n) is 1.75. The number of hydrogen-bond acceptors (Lipinski definition) is 2. The van der Waals surface area contributed by atoms with Crippen LogP contribution in [0, 0.1) is 11.3 Å². The minimum Gasteiger partial charge on any atom is -0.465 e. The molecular formula is C10H10N2O2. The van der Waals surface area contributed by atoms with Gasteiger partial charge in [0.2, 0.25) is 0 Å². The van der Waals surface area contributed by atoms with Crippen LogP contribution in [0.25, 0.3) is 0 Å². The van der Waals surface area contributed by atoms with Gasteiger partial charge >= 0.3 is 6.09 Å². The molecule has 1 aromatic rings. The number of benzene rings is 1. The van der Waals surface area contributed by atoms with Gasteiger partial charge in [0.05, 0.1) is 11.6 Å². The summed E-state index contributed by atoms with van der Waals surface area (Å²) in [5.74, 6) is 0. The summed E-state index contributed by atoms with van der Waals surface area (Å²) in [5, 5.41) is 19.2. The van der Waals surface area contributed by atoms with Gasteiger partial charge in [-0.1, -0.05) is 12.1 Å². The number of nitrogens with one attached hydrogen (secondary N) is 1. The van der Waals surface area contributed by atoms with E-state index in [2.05, 4.69) is 5.32 Å². The summed E-state index contributed by atoms with van der Waals surface area (Å²) in [7, 11) is 0. The van der Waals surface area contributed by atoms with Crippen molar-refractivity contribution in [2.75, 3.05) is 6.54 Å². The van der Waals surface area contributed by atoms with Gasteiger partial charge in [-0.2, -0.15) is 5.26 Å². The van der Waals surface area contributed by atoms with E-state index in [9.17, 15) is 4.79 Å². The van der Waals surface area contributed by atoms with Crippen LogP contribution in [0.5, 0.6) is 0 Å². The molecule has 0 aliphatic rings. The van der Waals surface area contributed by atoms with Crippen molar-refractivity contribution in [3.8, 4) is 6.07 Å². The smallest absolute Gasteiger partial charge is 0.404 e. The van der Waals surface area contributed by atoms with Crippen molar-refractivity contribution in [2.45, 2.75) is 6.42 Å². The van der Waals surface area contributed by atoms with Crippen LogP contribution >= 0.6 is 0 Å². The highest BCUT2D eigenvalue weighted by Crippen LogP contribution is 2.04. The van der Waals surface area contributed by atoms with E-state index in [4.69, 9.17) is 10.4 Å². The van der Waals surface area contributed by atoms with E-state index in [1.165, 1.54) is 0 Å². The summed E-state index contributed by atoms with van der Waals surface area (Å²) < 4.78 is 0. The molecule has 0 fully saturated rings. The predicted octanol–water partition coefficient (Wildman–Crippen LogP) is 1.37. The van der Waals surface area contributed by atoms with Gasteiger partial charge in [0, 0.05) is 6.54 Å². The zero-order valence-electron chi connectivity index (χ0n) is 7.53. The lowest BCUT2D eigenvalue weighted by Crippen LogP contribution is -2.23. The molecule has 72 valence electrons. The molecule has 0 aliphatic carbocycles. The van der Waals surface area contributed by atoms with Crippen molar-refractivity contribution in [1.29, 1.82) is 5.26 Å². The average Bonchev–Trinajstić information content (AvgIpc) is 2.18. The summed E-state index contributed by atoms with van der Waals surface area (Å²) >= 11 is 0. The SMILES string of the molecule is N#Cc1cccc(CCNC(=O)O)c1. The first-order chi connectivity index (χ1) is 6.72. The molecule has 0 saturated heterocycles. The van der Waals surface area contributed by atoms with E-state index in [1.54, 1.807) is 18.2 Å². The number of rotatable bonds is 3. The highest BCUT2D eigenvalue weighted by molar-refractivity contribution is 5.64. The van der Waals surface area contributed by atoms with Gasteiger partial charge in [-0.15, -0.1) is 0 Å². The van der Waals surface area contributed by atoms with Gasteiger partial charge in [0.1, 0.15) is 0 Å². The molecule has 0 spiro atoms. The number of amides is 1. The standard InChI is InChI=1S/C10H10N2O2/c11-7-9-3-1-2-8(6-9)4-5-12-10(13)14/h1-3,6,12H,4-5H2,(H,13,14). The lowest BCUT2D eigenvalue weighted by molar-refractivity contribution is 0.194. The number of nitrogens with zero attached hydrogens (tertiary/aromatic N) is 1. The van der Waals surface area contributed by atoms with Crippen molar-refractivity contribution in [1.82, 2.24) is 5.32 Å². The molecular weight excluding hydrogens is 180 g/mol. The quantitative estimate of drug-likeness (QED) is 0.755. The molecule has 0 radical (unpaired) electrons. The Morgan fingerprint density at radius 3 is 3.00 bits per heavy atom. The highest BCUT2D eigenvalue weighted by Gasteiger charge is 1.97. The molecule has 14 heavy (non-hydrogen) atoms. The van der Waals surface area contributed by atoms with Gasteiger partial charge < -0.3 is 10.4 Å². The molecule has 0 saturated carbocycles. The summed E-state index contributed by atoms with van der Waals surface area (Å²) in [6.07, 6.45) is -0.427. The van der Waals surface area contributed by atoms with Crippen molar-refractivity contribution in [2.24, 2.45) is 0 Å². The van der Waals surface area contributed by atoms with Crippen LogP contribution in [0.3, 0.4) is 0 Å². The first kappa shape index (κ1) is 10.1. The molecule has 0 bridgehead atoms. The molecule has 2 N–H and O–H groups in total. The van der Waals surface area contributed by atoms with E-state index in [1.807, 2.05) is 12.1 Å². The molecule has 0 atom stereocenters. The molecule has 0 aromatic heterocycles. The Bertz CT molecular complexity index is 369. The summed E-state index contributed by atoms with van der Waals surface area (Å²) in [6, 6.07) is 9.15. The van der Waals surface area contributed by atoms with Crippen molar-refractivity contribution in [3.63, 3.8) is 0 Å². The number of nitriles is 1. The normalized spacial score (nSPS) is 9.07. The van der Waals surface area contributed by atoms with Gasteiger partial charge in [-0.3, -0.25) is 0 Å². The van der Waals surface area contributed by atoms with Crippen molar-refractivity contribution in [3.05, 3.63) is 35.4 Å². The Hall–Kier alpha value is -2.02. The van der Waals surface area contributed by atoms with Crippen LogP contribution in [0.4, 0.5) is 4.79 Å². The fourth-order valence-electron chi connectivity index (χ4n) is 1.11. The fraction of sp³-hybridized carbons (Fsp3) is 0.200. The topological polar surface area (TPSA) is 73.1 Å². The van der Waals surface area contributed by atoms with E-state index < -0.39 is 6.09 Å². The zero-order valence-corrected chi connectivity index (χ0v) is 7.53. The molecule has 4 nitrogen and oxygen atoms in total. The maximum atomic E-state index is 10.1. The molecule has 1 amide bonds. The fourth-order valence-corrected chi connectivity index (χ4v) is 1.11. The van der Waals surface area contributed by atoms with Crippen LogP contribution < -0.4 is 5.32 Å². The molecule has 0 heterocycles. The lowest BCUT2D eigenvalue weighted by Gasteiger charge is -2.01. The summed E-state index contributed by atoms with van der Waals surface area (Å²) in [5.41, 5.74) is 1.55. The Balaban J connectivity index is 2.51.